The Bertz CT molecular complexity index is 941. The fourth-order valence-corrected chi connectivity index (χ4v) is 3.81. The second-order valence-electron chi connectivity index (χ2n) is 10.6. The zero-order valence-electron chi connectivity index (χ0n) is 23.2. The van der Waals surface area contributed by atoms with Crippen molar-refractivity contribution in [2.24, 2.45) is 5.73 Å². The normalized spacial score (nSPS) is 13.0. The lowest BCUT2D eigenvalue weighted by atomic mass is 9.99. The first-order valence-electron chi connectivity index (χ1n) is 12.8. The average Bonchev–Trinajstić information content (AvgIpc) is 2.75. The molecule has 0 spiro atoms. The maximum absolute atomic E-state index is 13.9. The highest BCUT2D eigenvalue weighted by atomic mass is 16.6. The Morgan fingerprint density at radius 2 is 1.73 bits per heavy atom. The standard InChI is InChI=1S/C27H44N4O6/c1-8-9-10-11-14-31(25(35)20(16-22(28)33)30-26(36)37-27(5,6)7)23(24(34)29-17(2)3)19-12-13-21(32)18(4)15-19/h12-13,15,17,20,23,32H,8-11,14,16H2,1-7H3,(H2,28,33)(H,29,34)(H,30,36). The van der Waals surface area contributed by atoms with Crippen molar-refractivity contribution < 1.29 is 29.0 Å². The number of benzene rings is 1. The quantitative estimate of drug-likeness (QED) is 0.293. The monoisotopic (exact) mass is 520 g/mol. The number of nitrogens with zero attached hydrogens (tertiary/aromatic N) is 1. The molecule has 0 saturated heterocycles. The maximum atomic E-state index is 13.9. The molecule has 2 unspecified atom stereocenters. The molecule has 0 bridgehead atoms. The van der Waals surface area contributed by atoms with Crippen LogP contribution >= 0.6 is 0 Å². The van der Waals surface area contributed by atoms with Gasteiger partial charge in [0.05, 0.1) is 6.42 Å². The number of carbonyl (C=O) groups excluding carboxylic acids is 4. The van der Waals surface area contributed by atoms with E-state index in [1.54, 1.807) is 39.8 Å². The van der Waals surface area contributed by atoms with Gasteiger partial charge in [0.15, 0.2) is 0 Å². The van der Waals surface area contributed by atoms with E-state index in [9.17, 15) is 24.3 Å². The zero-order valence-corrected chi connectivity index (χ0v) is 23.2. The smallest absolute Gasteiger partial charge is 0.408 e. The Balaban J connectivity index is 3.53. The Morgan fingerprint density at radius 3 is 2.24 bits per heavy atom. The van der Waals surface area contributed by atoms with E-state index in [0.717, 1.165) is 19.3 Å². The van der Waals surface area contributed by atoms with Crippen LogP contribution in [-0.4, -0.2) is 58.1 Å². The molecule has 0 radical (unpaired) electrons. The molecular weight excluding hydrogens is 476 g/mol. The highest BCUT2D eigenvalue weighted by Gasteiger charge is 2.37. The fourth-order valence-electron chi connectivity index (χ4n) is 3.81. The van der Waals surface area contributed by atoms with E-state index < -0.39 is 47.9 Å². The third kappa shape index (κ3) is 11.1. The third-order valence-corrected chi connectivity index (χ3v) is 5.46. The molecule has 1 aromatic rings. The molecule has 5 N–H and O–H groups in total. The Kier molecular flexibility index (Phi) is 12.4. The summed E-state index contributed by atoms with van der Waals surface area (Å²) in [6.45, 7) is 12.6. The minimum Gasteiger partial charge on any atom is -0.508 e. The fraction of sp³-hybridized carbons (Fsp3) is 0.630. The zero-order chi connectivity index (χ0) is 28.3. The van der Waals surface area contributed by atoms with Crippen molar-refractivity contribution in [3.05, 3.63) is 29.3 Å². The van der Waals surface area contributed by atoms with Crippen molar-refractivity contribution in [2.75, 3.05) is 6.54 Å². The van der Waals surface area contributed by atoms with Gasteiger partial charge in [0.1, 0.15) is 23.4 Å². The van der Waals surface area contributed by atoms with Gasteiger partial charge in [-0.15, -0.1) is 0 Å². The number of hydrogen-bond donors (Lipinski definition) is 4. The molecule has 0 aliphatic rings. The lowest BCUT2D eigenvalue weighted by Crippen LogP contribution is -2.54. The molecule has 0 fully saturated rings. The molecule has 0 aliphatic carbocycles. The number of nitrogens with one attached hydrogen (secondary N) is 2. The number of nitrogens with two attached hydrogens (primary N) is 1. The van der Waals surface area contributed by atoms with Crippen LogP contribution in [0.15, 0.2) is 18.2 Å². The maximum Gasteiger partial charge on any atom is 0.408 e. The van der Waals surface area contributed by atoms with Crippen LogP contribution in [-0.2, 0) is 19.1 Å². The van der Waals surface area contributed by atoms with Crippen molar-refractivity contribution in [2.45, 2.75) is 104 Å². The summed E-state index contributed by atoms with van der Waals surface area (Å²) in [5, 5.41) is 15.4. The minimum atomic E-state index is -1.33. The number of amides is 4. The summed E-state index contributed by atoms with van der Waals surface area (Å²) >= 11 is 0. The number of unbranched alkanes of at least 4 members (excludes halogenated alkanes) is 3. The van der Waals surface area contributed by atoms with Gasteiger partial charge in [0.25, 0.3) is 0 Å². The van der Waals surface area contributed by atoms with Crippen LogP contribution in [0.1, 0.15) is 90.8 Å². The van der Waals surface area contributed by atoms with Crippen LogP contribution in [0.3, 0.4) is 0 Å². The molecule has 0 aliphatic heterocycles. The van der Waals surface area contributed by atoms with Crippen LogP contribution in [0.4, 0.5) is 4.79 Å². The SMILES string of the molecule is CCCCCCN(C(=O)C(CC(N)=O)NC(=O)OC(C)(C)C)C(C(=O)NC(C)C)c1ccc(O)c(C)c1. The summed E-state index contributed by atoms with van der Waals surface area (Å²) in [6, 6.07) is 2.12. The molecule has 37 heavy (non-hydrogen) atoms. The van der Waals surface area contributed by atoms with E-state index in [0.29, 0.717) is 17.5 Å². The molecule has 0 aromatic heterocycles. The van der Waals surface area contributed by atoms with Gasteiger partial charge in [-0.25, -0.2) is 4.79 Å². The van der Waals surface area contributed by atoms with E-state index in [1.165, 1.54) is 11.0 Å². The predicted octanol–water partition coefficient (Wildman–Crippen LogP) is 3.44. The molecule has 2 atom stereocenters. The topological polar surface area (TPSA) is 151 Å². The van der Waals surface area contributed by atoms with Gasteiger partial charge in [0.2, 0.25) is 17.7 Å². The average molecular weight is 521 g/mol. The molecule has 10 nitrogen and oxygen atoms in total. The van der Waals surface area contributed by atoms with E-state index >= 15 is 0 Å². The second-order valence-corrected chi connectivity index (χ2v) is 10.6. The number of rotatable bonds is 13. The number of carbonyl (C=O) groups is 4. The largest absolute Gasteiger partial charge is 0.508 e. The minimum absolute atomic E-state index is 0.0609. The van der Waals surface area contributed by atoms with Gasteiger partial charge >= 0.3 is 6.09 Å². The Hall–Kier alpha value is -3.30. The third-order valence-electron chi connectivity index (χ3n) is 5.46. The molecule has 10 heteroatoms. The van der Waals surface area contributed by atoms with Crippen molar-refractivity contribution in [1.82, 2.24) is 15.5 Å². The summed E-state index contributed by atoms with van der Waals surface area (Å²) in [5.74, 6) is -1.77. The van der Waals surface area contributed by atoms with Gasteiger partial charge in [-0.1, -0.05) is 32.3 Å². The van der Waals surface area contributed by atoms with Crippen molar-refractivity contribution >= 4 is 23.8 Å². The number of phenolic OH excluding ortho intramolecular Hbond substituents is 1. The van der Waals surface area contributed by atoms with Gasteiger partial charge in [-0.3, -0.25) is 14.4 Å². The van der Waals surface area contributed by atoms with Gasteiger partial charge in [-0.2, -0.15) is 0 Å². The van der Waals surface area contributed by atoms with Crippen molar-refractivity contribution in [3.8, 4) is 5.75 Å². The number of aromatic hydroxyl groups is 1. The van der Waals surface area contributed by atoms with E-state index in [2.05, 4.69) is 17.6 Å². The van der Waals surface area contributed by atoms with Crippen LogP contribution in [0.25, 0.3) is 0 Å². The van der Waals surface area contributed by atoms with Crippen LogP contribution in [0.2, 0.25) is 0 Å². The molecular formula is C27H44N4O6. The van der Waals surface area contributed by atoms with Crippen LogP contribution < -0.4 is 16.4 Å². The van der Waals surface area contributed by atoms with Gasteiger partial charge in [-0.05, 0) is 71.2 Å². The number of hydrogen-bond acceptors (Lipinski definition) is 6. The molecule has 1 aromatic carbocycles. The number of ether oxygens (including phenoxy) is 1. The van der Waals surface area contributed by atoms with Gasteiger partial charge < -0.3 is 31.1 Å². The first-order valence-corrected chi connectivity index (χ1v) is 12.8. The molecule has 4 amide bonds. The second kappa shape index (κ2) is 14.4. The first kappa shape index (κ1) is 31.7. The Labute approximate surface area is 220 Å². The number of alkyl carbamates (subject to hydrolysis) is 1. The molecule has 208 valence electrons. The van der Waals surface area contributed by atoms with Crippen LogP contribution in [0.5, 0.6) is 5.75 Å². The van der Waals surface area contributed by atoms with Crippen molar-refractivity contribution in [3.63, 3.8) is 0 Å². The Morgan fingerprint density at radius 1 is 1.08 bits per heavy atom. The predicted molar refractivity (Wildman–Crippen MR) is 142 cm³/mol. The van der Waals surface area contributed by atoms with Crippen molar-refractivity contribution in [1.29, 1.82) is 0 Å². The summed E-state index contributed by atoms with van der Waals surface area (Å²) < 4.78 is 5.29. The summed E-state index contributed by atoms with van der Waals surface area (Å²) in [5.41, 5.74) is 5.62. The van der Waals surface area contributed by atoms with Gasteiger partial charge in [0, 0.05) is 12.6 Å². The highest BCUT2D eigenvalue weighted by molar-refractivity contribution is 5.94. The molecule has 0 saturated carbocycles. The number of phenols is 1. The summed E-state index contributed by atoms with van der Waals surface area (Å²) in [6.07, 6.45) is 2.03. The first-order chi connectivity index (χ1) is 17.2. The van der Waals surface area contributed by atoms with E-state index in [1.807, 2.05) is 13.8 Å². The highest BCUT2D eigenvalue weighted by Crippen LogP contribution is 2.28. The van der Waals surface area contributed by atoms with E-state index in [4.69, 9.17) is 10.5 Å². The summed E-state index contributed by atoms with van der Waals surface area (Å²) in [4.78, 5) is 53.1. The van der Waals surface area contributed by atoms with Crippen LogP contribution in [0, 0.1) is 6.92 Å². The molecule has 0 heterocycles. The number of primary amides is 1. The summed E-state index contributed by atoms with van der Waals surface area (Å²) in [7, 11) is 0. The van der Waals surface area contributed by atoms with E-state index in [-0.39, 0.29) is 18.3 Å². The lowest BCUT2D eigenvalue weighted by Gasteiger charge is -2.35. The lowest BCUT2D eigenvalue weighted by molar-refractivity contribution is -0.143. The molecule has 1 rings (SSSR count). The number of aryl methyl sites for hydroxylation is 1.